The average Bonchev–Trinajstić information content (AvgIpc) is 3.21. The number of nitrogens with zero attached hydrogens (tertiary/aromatic N) is 7. The van der Waals surface area contributed by atoms with E-state index in [1.165, 1.54) is 4.63 Å². The molecule has 4 heterocycles. The van der Waals surface area contributed by atoms with E-state index in [2.05, 4.69) is 51.7 Å². The lowest BCUT2D eigenvalue weighted by Gasteiger charge is -2.32. The Morgan fingerprint density at radius 1 is 1.32 bits per heavy atom. The van der Waals surface area contributed by atoms with Gasteiger partial charge in [0.25, 0.3) is 0 Å². The summed E-state index contributed by atoms with van der Waals surface area (Å²) in [5, 5.41) is 19.0. The molecule has 8 nitrogen and oxygen atoms in total. The van der Waals surface area contributed by atoms with Crippen molar-refractivity contribution in [2.24, 2.45) is 5.41 Å². The van der Waals surface area contributed by atoms with E-state index < -0.39 is 0 Å². The van der Waals surface area contributed by atoms with Crippen LogP contribution in [0.25, 0.3) is 5.65 Å². The van der Waals surface area contributed by atoms with Crippen LogP contribution in [0, 0.1) is 5.41 Å². The van der Waals surface area contributed by atoms with Crippen molar-refractivity contribution >= 4 is 22.8 Å². The minimum atomic E-state index is -0.0289. The monoisotopic (exact) mass is 359 g/mol. The summed E-state index contributed by atoms with van der Waals surface area (Å²) in [4.78, 5) is 6.99. The Hall–Kier alpha value is -2.13. The van der Waals surface area contributed by atoms with Gasteiger partial charge in [0.05, 0.1) is 18.8 Å². The fraction of sp³-hybridized carbons (Fsp3) is 0.562. The second-order valence-electron chi connectivity index (χ2n) is 7.44. The molecule has 1 saturated heterocycles. The Labute approximate surface area is 149 Å². The molecule has 9 heteroatoms. The van der Waals surface area contributed by atoms with Crippen LogP contribution in [-0.4, -0.2) is 49.9 Å². The molecule has 132 valence electrons. The molecule has 0 N–H and O–H groups in total. The van der Waals surface area contributed by atoms with E-state index in [1.807, 2.05) is 12.1 Å². The van der Waals surface area contributed by atoms with Gasteiger partial charge in [0, 0.05) is 11.9 Å². The molecule has 1 aliphatic rings. The van der Waals surface area contributed by atoms with Crippen molar-refractivity contribution in [2.75, 3.05) is 24.6 Å². The molecular formula is C16H21N7OS. The maximum atomic E-state index is 5.96. The number of ether oxygens (including phenoxy) is 1. The second kappa shape index (κ2) is 6.30. The van der Waals surface area contributed by atoms with Crippen LogP contribution in [0.5, 0.6) is 0 Å². The lowest BCUT2D eigenvalue weighted by atomic mass is 9.91. The van der Waals surface area contributed by atoms with Gasteiger partial charge in [-0.25, -0.2) is 4.98 Å². The first-order chi connectivity index (χ1) is 12.0. The highest BCUT2D eigenvalue weighted by molar-refractivity contribution is 7.09. The highest BCUT2D eigenvalue weighted by atomic mass is 32.1. The van der Waals surface area contributed by atoms with Gasteiger partial charge in [-0.15, -0.1) is 26.2 Å². The maximum Gasteiger partial charge on any atom is 0.200 e. The predicted molar refractivity (Wildman–Crippen MR) is 94.8 cm³/mol. The van der Waals surface area contributed by atoms with Crippen molar-refractivity contribution in [3.8, 4) is 0 Å². The second-order valence-corrected chi connectivity index (χ2v) is 8.33. The Morgan fingerprint density at radius 3 is 3.04 bits per heavy atom. The van der Waals surface area contributed by atoms with E-state index in [-0.39, 0.29) is 11.5 Å². The summed E-state index contributed by atoms with van der Waals surface area (Å²) in [6.07, 6.45) is 0.941. The largest absolute Gasteiger partial charge is 0.367 e. The van der Waals surface area contributed by atoms with Crippen molar-refractivity contribution < 1.29 is 4.74 Å². The first-order valence-corrected chi connectivity index (χ1v) is 9.22. The molecule has 0 aliphatic carbocycles. The van der Waals surface area contributed by atoms with Gasteiger partial charge in [-0.1, -0.05) is 20.8 Å². The molecule has 25 heavy (non-hydrogen) atoms. The number of hydrogen-bond donors (Lipinski definition) is 0. The maximum absolute atomic E-state index is 5.96. The van der Waals surface area contributed by atoms with Gasteiger partial charge < -0.3 is 9.64 Å². The van der Waals surface area contributed by atoms with E-state index in [4.69, 9.17) is 9.72 Å². The van der Waals surface area contributed by atoms with Crippen molar-refractivity contribution in [1.29, 1.82) is 0 Å². The Morgan fingerprint density at radius 2 is 2.20 bits per heavy atom. The summed E-state index contributed by atoms with van der Waals surface area (Å²) in [6.45, 7) is 8.84. The van der Waals surface area contributed by atoms with Crippen LogP contribution < -0.4 is 4.90 Å². The molecular weight excluding hydrogens is 338 g/mol. The van der Waals surface area contributed by atoms with Gasteiger partial charge >= 0.3 is 0 Å². The number of rotatable bonds is 3. The third-order valence-electron chi connectivity index (χ3n) is 4.00. The third kappa shape index (κ3) is 3.62. The van der Waals surface area contributed by atoms with Gasteiger partial charge in [0.2, 0.25) is 0 Å². The molecule has 0 saturated carbocycles. The SMILES string of the molecule is CC(C)(C)Cc1csc(C2CN(c3ccc4nnnn4n3)CCO2)n1. The summed E-state index contributed by atoms with van der Waals surface area (Å²) in [7, 11) is 0. The molecule has 1 aliphatic heterocycles. The van der Waals surface area contributed by atoms with E-state index >= 15 is 0 Å². The lowest BCUT2D eigenvalue weighted by molar-refractivity contribution is 0.0391. The molecule has 0 radical (unpaired) electrons. The van der Waals surface area contributed by atoms with Gasteiger partial charge in [-0.3, -0.25) is 0 Å². The van der Waals surface area contributed by atoms with Crippen LogP contribution in [0.1, 0.15) is 37.6 Å². The first-order valence-electron chi connectivity index (χ1n) is 8.34. The van der Waals surface area contributed by atoms with E-state index in [9.17, 15) is 0 Å². The fourth-order valence-corrected chi connectivity index (χ4v) is 3.77. The summed E-state index contributed by atoms with van der Waals surface area (Å²) < 4.78 is 7.41. The van der Waals surface area contributed by atoms with Crippen LogP contribution in [0.4, 0.5) is 5.82 Å². The van der Waals surface area contributed by atoms with Crippen molar-refractivity contribution in [3.05, 3.63) is 28.2 Å². The minimum absolute atomic E-state index is 0.0289. The Kier molecular flexibility index (Phi) is 4.12. The first kappa shape index (κ1) is 16.3. The highest BCUT2D eigenvalue weighted by Crippen LogP contribution is 2.29. The number of tetrazole rings is 1. The fourth-order valence-electron chi connectivity index (χ4n) is 2.91. The lowest BCUT2D eigenvalue weighted by Crippen LogP contribution is -2.39. The smallest absolute Gasteiger partial charge is 0.200 e. The zero-order valence-electron chi connectivity index (χ0n) is 14.6. The van der Waals surface area contributed by atoms with Crippen molar-refractivity contribution in [3.63, 3.8) is 0 Å². The summed E-state index contributed by atoms with van der Waals surface area (Å²) in [5.41, 5.74) is 2.01. The van der Waals surface area contributed by atoms with Crippen LogP contribution >= 0.6 is 11.3 Å². The number of fused-ring (bicyclic) bond motifs is 1. The van der Waals surface area contributed by atoms with E-state index in [0.29, 0.717) is 12.3 Å². The van der Waals surface area contributed by atoms with Gasteiger partial charge in [0.15, 0.2) is 11.5 Å². The van der Waals surface area contributed by atoms with Gasteiger partial charge in [0.1, 0.15) is 11.1 Å². The summed E-state index contributed by atoms with van der Waals surface area (Å²) >= 11 is 1.68. The topological polar surface area (TPSA) is 81.3 Å². The normalized spacial score (nSPS) is 18.8. The Balaban J connectivity index is 1.50. The molecule has 0 aromatic carbocycles. The standard InChI is InChI=1S/C16H21N7OS/c1-16(2,3)8-11-10-25-15(17-11)12-9-22(6-7-24-12)14-5-4-13-18-20-21-23(13)19-14/h4-5,10,12H,6-9H2,1-3H3. The quantitative estimate of drug-likeness (QED) is 0.708. The van der Waals surface area contributed by atoms with Gasteiger partial charge in [-0.05, 0) is 34.4 Å². The summed E-state index contributed by atoms with van der Waals surface area (Å²) in [6, 6.07) is 3.82. The average molecular weight is 359 g/mol. The number of aromatic nitrogens is 6. The van der Waals surface area contributed by atoms with E-state index in [0.717, 1.165) is 36.0 Å². The Bertz CT molecular complexity index is 869. The molecule has 0 spiro atoms. The molecule has 1 unspecified atom stereocenters. The van der Waals surface area contributed by atoms with Crippen LogP contribution in [0.2, 0.25) is 0 Å². The van der Waals surface area contributed by atoms with Crippen LogP contribution in [-0.2, 0) is 11.2 Å². The van der Waals surface area contributed by atoms with Crippen molar-refractivity contribution in [2.45, 2.75) is 33.3 Å². The molecule has 0 bridgehead atoms. The summed E-state index contributed by atoms with van der Waals surface area (Å²) in [5.74, 6) is 0.847. The minimum Gasteiger partial charge on any atom is -0.367 e. The zero-order valence-corrected chi connectivity index (χ0v) is 15.4. The molecule has 1 atom stereocenters. The van der Waals surface area contributed by atoms with Crippen molar-refractivity contribution in [1.82, 2.24) is 30.2 Å². The predicted octanol–water partition coefficient (Wildman–Crippen LogP) is 2.14. The molecule has 0 amide bonds. The molecule has 4 rings (SSSR count). The van der Waals surface area contributed by atoms with E-state index in [1.54, 1.807) is 11.3 Å². The molecule has 1 fully saturated rings. The zero-order chi connectivity index (χ0) is 17.4. The molecule has 3 aromatic heterocycles. The van der Waals surface area contributed by atoms with Crippen LogP contribution in [0.3, 0.4) is 0 Å². The highest BCUT2D eigenvalue weighted by Gasteiger charge is 2.26. The van der Waals surface area contributed by atoms with Crippen LogP contribution in [0.15, 0.2) is 17.5 Å². The number of anilines is 1. The number of hydrogen-bond acceptors (Lipinski definition) is 8. The molecule has 3 aromatic rings. The number of thiazole rings is 1. The number of morpholine rings is 1. The van der Waals surface area contributed by atoms with Gasteiger partial charge in [-0.2, -0.15) is 0 Å². The third-order valence-corrected chi connectivity index (χ3v) is 4.99.